The minimum atomic E-state index is -4.64. The molecule has 0 aliphatic rings. The van der Waals surface area contributed by atoms with Gasteiger partial charge in [0.05, 0.1) is 0 Å². The Bertz CT molecular complexity index is 66.7. The molecule has 0 unspecified atom stereocenters. The van der Waals surface area contributed by atoms with Crippen LogP contribution in [0.5, 0.6) is 0 Å². The Morgan fingerprint density at radius 2 is 1.25 bits per heavy atom. The first-order valence-corrected chi connectivity index (χ1v) is 2.35. The predicted octanol–water partition coefficient (Wildman–Crippen LogP) is -3.82. The van der Waals surface area contributed by atoms with Crippen molar-refractivity contribution in [1.82, 2.24) is 0 Å². The first-order valence-electron chi connectivity index (χ1n) is 0.783. The van der Waals surface area contributed by atoms with Crippen LogP contribution >= 0.6 is 7.82 Å². The molecule has 0 aromatic carbocycles. The van der Waals surface area contributed by atoms with Crippen LogP contribution < -0.4 is 18.9 Å². The Balaban J connectivity index is -0.0000000133. The monoisotopic (exact) mass is 247 g/mol. The number of rotatable bonds is 0. The molecule has 0 bridgehead atoms. The van der Waals surface area contributed by atoms with Crippen molar-refractivity contribution >= 4 is 7.82 Å². The van der Waals surface area contributed by atoms with Gasteiger partial charge in [0.15, 0.2) is 0 Å². The minimum absolute atomic E-state index is 0. The molecule has 0 aromatic rings. The van der Waals surface area contributed by atoms with Crippen LogP contribution in [0, 0.1) is 0 Å². The summed E-state index contributed by atoms with van der Waals surface area (Å²) in [5.41, 5.74) is 0. The van der Waals surface area contributed by atoms with Crippen molar-refractivity contribution < 1.29 is 83.6 Å². The Morgan fingerprint density at radius 3 is 1.25 bits per heavy atom. The normalized spacial score (nSPS) is 7.38. The van der Waals surface area contributed by atoms with Crippen molar-refractivity contribution in [3.63, 3.8) is 0 Å². The standard InChI is InChI=1S/Li.Nb.H3O4P.Ti.H/c;;1-5(2,3)4;;/h;;(H3,1,2,3,4);;/q+1;;;;-1. The van der Waals surface area contributed by atoms with E-state index in [-0.39, 0.29) is 64.4 Å². The van der Waals surface area contributed by atoms with Gasteiger partial charge >= 0.3 is 26.7 Å². The maximum Gasteiger partial charge on any atom is 1.00 e. The molecule has 43 valence electrons. The van der Waals surface area contributed by atoms with Gasteiger partial charge in [0.1, 0.15) is 0 Å². The molecule has 0 atom stereocenters. The average molecular weight is 247 g/mol. The summed E-state index contributed by atoms with van der Waals surface area (Å²) < 4.78 is 8.88. The van der Waals surface area contributed by atoms with E-state index < -0.39 is 7.82 Å². The second-order valence-electron chi connectivity index (χ2n) is 0.513. The molecule has 4 nitrogen and oxygen atoms in total. The maximum absolute atomic E-state index is 8.88. The topological polar surface area (TPSA) is 77.8 Å². The van der Waals surface area contributed by atoms with Gasteiger partial charge in [0.25, 0.3) is 0 Å². The van der Waals surface area contributed by atoms with Crippen molar-refractivity contribution in [3.8, 4) is 0 Å². The van der Waals surface area contributed by atoms with E-state index in [0.717, 1.165) is 0 Å². The Kier molecular flexibility index (Phi) is 25.7. The van der Waals surface area contributed by atoms with Crippen LogP contribution in [-0.4, -0.2) is 14.7 Å². The van der Waals surface area contributed by atoms with E-state index >= 15 is 0 Å². The van der Waals surface area contributed by atoms with E-state index in [9.17, 15) is 0 Å². The number of phosphoric acid groups is 1. The summed E-state index contributed by atoms with van der Waals surface area (Å²) in [6.45, 7) is 0. The van der Waals surface area contributed by atoms with Crippen molar-refractivity contribution in [1.29, 1.82) is 0 Å². The summed E-state index contributed by atoms with van der Waals surface area (Å²) in [7, 11) is -4.64. The van der Waals surface area contributed by atoms with Crippen molar-refractivity contribution in [2.75, 3.05) is 0 Å². The molecule has 0 saturated carbocycles. The Morgan fingerprint density at radius 1 is 1.25 bits per heavy atom. The molecule has 8 heavy (non-hydrogen) atoms. The van der Waals surface area contributed by atoms with E-state index in [2.05, 4.69) is 0 Å². The van der Waals surface area contributed by atoms with E-state index in [0.29, 0.717) is 0 Å². The van der Waals surface area contributed by atoms with Crippen molar-refractivity contribution in [3.05, 3.63) is 0 Å². The van der Waals surface area contributed by atoms with E-state index in [1.807, 2.05) is 0 Å². The Labute approximate surface area is 90.7 Å². The quantitative estimate of drug-likeness (QED) is 0.303. The average Bonchev–Trinajstić information content (AvgIpc) is 0.722. The molecule has 0 heterocycles. The summed E-state index contributed by atoms with van der Waals surface area (Å²) in [6, 6.07) is 0. The fourth-order valence-electron chi connectivity index (χ4n) is 0. The molecular formula is H4LiNbO4PTi. The molecule has 0 saturated heterocycles. The van der Waals surface area contributed by atoms with Gasteiger partial charge in [-0.15, -0.1) is 0 Å². The van der Waals surface area contributed by atoms with Crippen LogP contribution in [0.1, 0.15) is 1.43 Å². The molecule has 0 fully saturated rings. The largest absolute Gasteiger partial charge is 1.00 e. The van der Waals surface area contributed by atoms with Gasteiger partial charge in [0.2, 0.25) is 0 Å². The smallest absolute Gasteiger partial charge is 1.00 e. The zero-order chi connectivity index (χ0) is 4.50. The van der Waals surface area contributed by atoms with E-state index in [1.54, 1.807) is 0 Å². The fourth-order valence-corrected chi connectivity index (χ4v) is 0. The van der Waals surface area contributed by atoms with Crippen molar-refractivity contribution in [2.45, 2.75) is 0 Å². The summed E-state index contributed by atoms with van der Waals surface area (Å²) >= 11 is 0. The first kappa shape index (κ1) is 22.5. The summed E-state index contributed by atoms with van der Waals surface area (Å²) in [6.07, 6.45) is 0. The SMILES string of the molecule is O=P(O)(O)O.[H-].[Li+].[Nb].[Ti]. The molecule has 3 N–H and O–H groups in total. The molecule has 8 heteroatoms. The minimum Gasteiger partial charge on any atom is -1.00 e. The maximum atomic E-state index is 8.88. The van der Waals surface area contributed by atoms with Crippen LogP contribution in [0.25, 0.3) is 0 Å². The zero-order valence-electron chi connectivity index (χ0n) is 5.14. The molecule has 0 aromatic heterocycles. The third-order valence-corrected chi connectivity index (χ3v) is 0. The van der Waals surface area contributed by atoms with E-state index in [1.165, 1.54) is 0 Å². The van der Waals surface area contributed by atoms with Gasteiger partial charge in [-0.3, -0.25) is 0 Å². The van der Waals surface area contributed by atoms with Crippen LogP contribution in [0.4, 0.5) is 0 Å². The summed E-state index contributed by atoms with van der Waals surface area (Å²) in [5.74, 6) is 0. The Hall–Kier alpha value is 2.16. The molecular weight excluding hydrogens is 243 g/mol. The summed E-state index contributed by atoms with van der Waals surface area (Å²) in [4.78, 5) is 21.6. The number of hydrogen-bond acceptors (Lipinski definition) is 1. The van der Waals surface area contributed by atoms with Crippen LogP contribution in [0.2, 0.25) is 0 Å². The molecule has 0 rings (SSSR count). The van der Waals surface area contributed by atoms with Crippen molar-refractivity contribution in [2.24, 2.45) is 0 Å². The number of hydrogen-bond donors (Lipinski definition) is 3. The first-order chi connectivity index (χ1) is 2.00. The molecule has 0 aliphatic heterocycles. The van der Waals surface area contributed by atoms with Gasteiger partial charge < -0.3 is 16.1 Å². The van der Waals surface area contributed by atoms with Gasteiger partial charge in [-0.25, -0.2) is 4.57 Å². The second kappa shape index (κ2) is 9.16. The molecule has 0 spiro atoms. The van der Waals surface area contributed by atoms with Crippen LogP contribution in [-0.2, 0) is 48.7 Å². The fraction of sp³-hybridized carbons (Fsp3) is 0. The predicted molar refractivity (Wildman–Crippen MR) is 15.4 cm³/mol. The van der Waals surface area contributed by atoms with E-state index in [4.69, 9.17) is 19.2 Å². The van der Waals surface area contributed by atoms with Gasteiger partial charge in [0, 0.05) is 44.1 Å². The molecule has 0 amide bonds. The second-order valence-corrected chi connectivity index (χ2v) is 1.54. The van der Waals surface area contributed by atoms with Gasteiger partial charge in [-0.1, -0.05) is 0 Å². The third-order valence-electron chi connectivity index (χ3n) is 0. The third kappa shape index (κ3) is 89.6. The zero-order valence-corrected chi connectivity index (χ0v) is 8.80. The summed E-state index contributed by atoms with van der Waals surface area (Å²) in [5, 5.41) is 0. The van der Waals surface area contributed by atoms with Crippen LogP contribution in [0.3, 0.4) is 0 Å². The van der Waals surface area contributed by atoms with Gasteiger partial charge in [-0.2, -0.15) is 0 Å². The molecule has 1 radical (unpaired) electrons. The van der Waals surface area contributed by atoms with Gasteiger partial charge in [-0.05, 0) is 0 Å². The van der Waals surface area contributed by atoms with Crippen LogP contribution in [0.15, 0.2) is 0 Å². The molecule has 0 aliphatic carbocycles.